The van der Waals surface area contributed by atoms with Crippen LogP contribution in [0.15, 0.2) is 41.0 Å². The zero-order valence-electron chi connectivity index (χ0n) is 11.8. The predicted molar refractivity (Wildman–Crippen MR) is 80.9 cm³/mol. The number of hydrogen-bond acceptors (Lipinski definition) is 4. The number of hydrazone groups is 1. The van der Waals surface area contributed by atoms with Gasteiger partial charge in [0.05, 0.1) is 10.6 Å². The lowest BCUT2D eigenvalue weighted by molar-refractivity contribution is -0.384. The molecule has 1 aliphatic rings. The van der Waals surface area contributed by atoms with Crippen molar-refractivity contribution in [3.8, 4) is 0 Å². The maximum absolute atomic E-state index is 10.6. The highest BCUT2D eigenvalue weighted by molar-refractivity contribution is 5.85. The summed E-state index contributed by atoms with van der Waals surface area (Å²) in [6, 6.07) is 6.28. The maximum atomic E-state index is 10.6. The van der Waals surface area contributed by atoms with E-state index in [9.17, 15) is 10.1 Å². The van der Waals surface area contributed by atoms with Gasteiger partial charge in [-0.15, -0.1) is 0 Å². The van der Waals surface area contributed by atoms with Gasteiger partial charge in [0.1, 0.15) is 0 Å². The largest absolute Gasteiger partial charge is 0.279 e. The minimum Gasteiger partial charge on any atom is -0.279 e. The molecule has 1 aromatic rings. The summed E-state index contributed by atoms with van der Waals surface area (Å²) >= 11 is 0. The number of nitrogens with zero attached hydrogens (tertiary/aromatic N) is 2. The van der Waals surface area contributed by atoms with Crippen LogP contribution in [0.4, 0.5) is 11.4 Å². The van der Waals surface area contributed by atoms with E-state index in [2.05, 4.69) is 23.5 Å². The highest BCUT2D eigenvalue weighted by Crippen LogP contribution is 2.24. The van der Waals surface area contributed by atoms with Crippen molar-refractivity contribution in [2.24, 2.45) is 11.0 Å². The molecule has 5 heteroatoms. The second-order valence-corrected chi connectivity index (χ2v) is 5.19. The fraction of sp³-hybridized carbons (Fsp3) is 0.400. The smallest absolute Gasteiger partial charge is 0.269 e. The molecule has 2 rings (SSSR count). The van der Waals surface area contributed by atoms with Crippen LogP contribution in [0.1, 0.15) is 33.1 Å². The number of benzene rings is 1. The summed E-state index contributed by atoms with van der Waals surface area (Å²) in [7, 11) is 0. The molecule has 1 atom stereocenters. The Kier molecular flexibility index (Phi) is 4.50. The van der Waals surface area contributed by atoms with Crippen molar-refractivity contribution in [3.63, 3.8) is 0 Å². The van der Waals surface area contributed by atoms with E-state index < -0.39 is 4.92 Å². The number of nitrogens with one attached hydrogen (secondary N) is 1. The summed E-state index contributed by atoms with van der Waals surface area (Å²) in [5.41, 5.74) is 6.34. The van der Waals surface area contributed by atoms with E-state index in [-0.39, 0.29) is 5.69 Å². The Morgan fingerprint density at radius 3 is 2.65 bits per heavy atom. The van der Waals surface area contributed by atoms with E-state index in [1.165, 1.54) is 17.7 Å². The van der Waals surface area contributed by atoms with E-state index in [0.717, 1.165) is 30.7 Å². The average molecular weight is 273 g/mol. The summed E-state index contributed by atoms with van der Waals surface area (Å²) in [5.74, 6) is 0.490. The van der Waals surface area contributed by atoms with Gasteiger partial charge in [-0.1, -0.05) is 11.6 Å². The zero-order valence-corrected chi connectivity index (χ0v) is 11.8. The van der Waals surface area contributed by atoms with E-state index >= 15 is 0 Å². The van der Waals surface area contributed by atoms with Crippen LogP contribution < -0.4 is 5.43 Å². The van der Waals surface area contributed by atoms with Gasteiger partial charge in [-0.2, -0.15) is 5.10 Å². The van der Waals surface area contributed by atoms with Crippen LogP contribution in [-0.2, 0) is 0 Å². The zero-order chi connectivity index (χ0) is 14.5. The molecular weight excluding hydrogens is 254 g/mol. The van der Waals surface area contributed by atoms with Crippen molar-refractivity contribution in [2.45, 2.75) is 33.1 Å². The van der Waals surface area contributed by atoms with Crippen molar-refractivity contribution in [1.29, 1.82) is 0 Å². The lowest BCUT2D eigenvalue weighted by atomic mass is 9.87. The second-order valence-electron chi connectivity index (χ2n) is 5.19. The number of nitro groups is 1. The van der Waals surface area contributed by atoms with Crippen molar-refractivity contribution in [2.75, 3.05) is 5.43 Å². The Balaban J connectivity index is 1.96. The van der Waals surface area contributed by atoms with Crippen LogP contribution in [0.2, 0.25) is 0 Å². The van der Waals surface area contributed by atoms with Crippen LogP contribution in [-0.4, -0.2) is 10.6 Å². The van der Waals surface area contributed by atoms with Crippen LogP contribution in [0.25, 0.3) is 0 Å². The number of non-ortho nitro benzene ring substituents is 1. The monoisotopic (exact) mass is 273 g/mol. The minimum atomic E-state index is -0.408. The molecule has 5 nitrogen and oxygen atoms in total. The summed E-state index contributed by atoms with van der Waals surface area (Å²) in [6.07, 6.45) is 5.59. The third kappa shape index (κ3) is 3.66. The second kappa shape index (κ2) is 6.32. The van der Waals surface area contributed by atoms with E-state index in [1.807, 2.05) is 6.92 Å². The molecule has 1 aromatic carbocycles. The number of hydrogen-bond donors (Lipinski definition) is 1. The lowest BCUT2D eigenvalue weighted by Gasteiger charge is -2.20. The molecule has 0 aromatic heterocycles. The number of nitro benzene ring substituents is 1. The van der Waals surface area contributed by atoms with E-state index in [1.54, 1.807) is 12.1 Å². The van der Waals surface area contributed by atoms with Gasteiger partial charge in [0.2, 0.25) is 0 Å². The number of allylic oxidation sites excluding steroid dienone is 2. The maximum Gasteiger partial charge on any atom is 0.269 e. The van der Waals surface area contributed by atoms with E-state index in [4.69, 9.17) is 0 Å². The molecule has 0 amide bonds. The van der Waals surface area contributed by atoms with Gasteiger partial charge in [-0.05, 0) is 45.2 Å². The summed E-state index contributed by atoms with van der Waals surface area (Å²) in [5, 5.41) is 14.9. The van der Waals surface area contributed by atoms with Gasteiger partial charge in [0.25, 0.3) is 5.69 Å². The van der Waals surface area contributed by atoms with Gasteiger partial charge in [-0.25, -0.2) is 0 Å². The van der Waals surface area contributed by atoms with Crippen LogP contribution >= 0.6 is 0 Å². The minimum absolute atomic E-state index is 0.0872. The SMILES string of the molecule is CC1=CC[C@@H](/C(C)=N\Nc2ccc([N+](=O)[O-])cc2)CC1. The summed E-state index contributed by atoms with van der Waals surface area (Å²) < 4.78 is 0. The van der Waals surface area contributed by atoms with Crippen LogP contribution in [0, 0.1) is 16.0 Å². The Hall–Kier alpha value is -2.17. The molecule has 0 aliphatic heterocycles. The first-order valence-electron chi connectivity index (χ1n) is 6.76. The predicted octanol–water partition coefficient (Wildman–Crippen LogP) is 4.13. The molecule has 20 heavy (non-hydrogen) atoms. The molecule has 1 N–H and O–H groups in total. The summed E-state index contributed by atoms with van der Waals surface area (Å²) in [4.78, 5) is 10.2. The van der Waals surface area contributed by atoms with Crippen molar-refractivity contribution in [1.82, 2.24) is 0 Å². The van der Waals surface area contributed by atoms with Crippen molar-refractivity contribution >= 4 is 17.1 Å². The quantitative estimate of drug-likeness (QED) is 0.388. The van der Waals surface area contributed by atoms with Gasteiger partial charge in [0, 0.05) is 23.8 Å². The summed E-state index contributed by atoms with van der Waals surface area (Å²) in [6.45, 7) is 4.19. The Morgan fingerprint density at radius 1 is 1.40 bits per heavy atom. The number of anilines is 1. The Labute approximate surface area is 118 Å². The van der Waals surface area contributed by atoms with Gasteiger partial charge in [-0.3, -0.25) is 15.5 Å². The topological polar surface area (TPSA) is 67.5 Å². The van der Waals surface area contributed by atoms with Gasteiger partial charge in [0.15, 0.2) is 0 Å². The molecule has 0 saturated heterocycles. The van der Waals surface area contributed by atoms with Gasteiger partial charge >= 0.3 is 0 Å². The standard InChI is InChI=1S/C15H19N3O2/c1-11-3-5-13(6-4-11)12(2)16-17-14-7-9-15(10-8-14)18(19)20/h3,7-10,13,17H,4-6H2,1-2H3/b16-12-/t13-/m1/s1. The fourth-order valence-electron chi connectivity index (χ4n) is 2.25. The Bertz CT molecular complexity index is 547. The molecule has 106 valence electrons. The molecule has 0 saturated carbocycles. The first kappa shape index (κ1) is 14.2. The third-order valence-corrected chi connectivity index (χ3v) is 3.67. The van der Waals surface area contributed by atoms with Crippen molar-refractivity contribution < 1.29 is 4.92 Å². The highest BCUT2D eigenvalue weighted by Gasteiger charge is 2.15. The molecule has 0 unspecified atom stereocenters. The lowest BCUT2D eigenvalue weighted by Crippen LogP contribution is -2.15. The number of rotatable bonds is 4. The molecular formula is C15H19N3O2. The normalized spacial score (nSPS) is 19.4. The molecule has 1 aliphatic carbocycles. The first-order valence-corrected chi connectivity index (χ1v) is 6.76. The molecule has 0 bridgehead atoms. The molecule has 0 heterocycles. The van der Waals surface area contributed by atoms with Crippen molar-refractivity contribution in [3.05, 3.63) is 46.0 Å². The Morgan fingerprint density at radius 2 is 2.10 bits per heavy atom. The van der Waals surface area contributed by atoms with Gasteiger partial charge < -0.3 is 0 Å². The fourth-order valence-corrected chi connectivity index (χ4v) is 2.25. The average Bonchev–Trinajstić information content (AvgIpc) is 2.46. The molecule has 0 spiro atoms. The third-order valence-electron chi connectivity index (χ3n) is 3.67. The van der Waals surface area contributed by atoms with E-state index in [0.29, 0.717) is 5.92 Å². The highest BCUT2D eigenvalue weighted by atomic mass is 16.6. The van der Waals surface area contributed by atoms with Crippen LogP contribution in [0.5, 0.6) is 0 Å². The van der Waals surface area contributed by atoms with Crippen LogP contribution in [0.3, 0.4) is 0 Å². The molecule has 0 radical (unpaired) electrons. The molecule has 0 fully saturated rings. The first-order chi connectivity index (χ1) is 9.56.